The summed E-state index contributed by atoms with van der Waals surface area (Å²) in [4.78, 5) is 4.23. The smallest absolute Gasteiger partial charge is 0.240 e. The molecule has 0 bridgehead atoms. The third-order valence-corrected chi connectivity index (χ3v) is 3.67. The highest BCUT2D eigenvalue weighted by atomic mass is 32.2. The number of fused-ring (bicyclic) bond motifs is 1. The Morgan fingerprint density at radius 2 is 2.07 bits per heavy atom. The molecular formula is C10H10N2O2S. The van der Waals surface area contributed by atoms with E-state index in [1.807, 2.05) is 6.07 Å². The van der Waals surface area contributed by atoms with E-state index in [9.17, 15) is 8.42 Å². The van der Waals surface area contributed by atoms with Gasteiger partial charge in [0.1, 0.15) is 0 Å². The molecule has 0 aliphatic carbocycles. The molecule has 0 unspecified atom stereocenters. The van der Waals surface area contributed by atoms with Gasteiger partial charge in [-0.1, -0.05) is 12.1 Å². The van der Waals surface area contributed by atoms with E-state index in [0.29, 0.717) is 5.39 Å². The molecule has 0 radical (unpaired) electrons. The molecule has 1 aromatic heterocycles. The number of hydrogen-bond donors (Lipinski definition) is 1. The molecule has 1 heterocycles. The molecule has 0 spiro atoms. The second kappa shape index (κ2) is 3.60. The lowest BCUT2D eigenvalue weighted by molar-refractivity contribution is 0.589. The predicted octanol–water partition coefficient (Wildman–Crippen LogP) is 1.14. The highest BCUT2D eigenvalue weighted by molar-refractivity contribution is 7.89. The lowest BCUT2D eigenvalue weighted by Gasteiger charge is -2.05. The van der Waals surface area contributed by atoms with E-state index in [-0.39, 0.29) is 4.90 Å². The first-order valence-electron chi connectivity index (χ1n) is 4.41. The summed E-state index contributed by atoms with van der Waals surface area (Å²) >= 11 is 0. The summed E-state index contributed by atoms with van der Waals surface area (Å²) in [5.74, 6) is 0. The maximum atomic E-state index is 11.7. The van der Waals surface area contributed by atoms with Crippen LogP contribution in [0.1, 0.15) is 0 Å². The van der Waals surface area contributed by atoms with E-state index in [2.05, 4.69) is 9.71 Å². The fourth-order valence-corrected chi connectivity index (χ4v) is 2.39. The SMILES string of the molecule is CNS(=O)(=O)c1cccc2cnccc12. The van der Waals surface area contributed by atoms with Crippen LogP contribution in [0.25, 0.3) is 10.8 Å². The van der Waals surface area contributed by atoms with Gasteiger partial charge in [0.05, 0.1) is 4.90 Å². The van der Waals surface area contributed by atoms with Gasteiger partial charge in [-0.2, -0.15) is 0 Å². The van der Waals surface area contributed by atoms with Crippen molar-refractivity contribution in [2.75, 3.05) is 7.05 Å². The fourth-order valence-electron chi connectivity index (χ4n) is 1.44. The average Bonchev–Trinajstić information content (AvgIpc) is 2.28. The molecule has 1 N–H and O–H groups in total. The first-order valence-corrected chi connectivity index (χ1v) is 5.90. The zero-order chi connectivity index (χ0) is 10.9. The summed E-state index contributed by atoms with van der Waals surface area (Å²) in [7, 11) is -2.00. The summed E-state index contributed by atoms with van der Waals surface area (Å²) in [6, 6.07) is 6.80. The van der Waals surface area contributed by atoms with Crippen LogP contribution in [0.2, 0.25) is 0 Å². The number of sulfonamides is 1. The molecule has 0 saturated heterocycles. The van der Waals surface area contributed by atoms with Gasteiger partial charge >= 0.3 is 0 Å². The first kappa shape index (κ1) is 10.1. The number of aromatic nitrogens is 1. The summed E-state index contributed by atoms with van der Waals surface area (Å²) in [5, 5.41) is 1.50. The van der Waals surface area contributed by atoms with Crippen LogP contribution in [0.3, 0.4) is 0 Å². The van der Waals surface area contributed by atoms with E-state index >= 15 is 0 Å². The van der Waals surface area contributed by atoms with Crippen LogP contribution in [0.5, 0.6) is 0 Å². The van der Waals surface area contributed by atoms with Gasteiger partial charge in [0, 0.05) is 23.2 Å². The number of rotatable bonds is 2. The molecule has 0 aliphatic heterocycles. The van der Waals surface area contributed by atoms with Crippen molar-refractivity contribution in [3.63, 3.8) is 0 Å². The van der Waals surface area contributed by atoms with Crippen molar-refractivity contribution in [2.24, 2.45) is 0 Å². The van der Waals surface area contributed by atoms with E-state index in [0.717, 1.165) is 5.39 Å². The van der Waals surface area contributed by atoms with Crippen molar-refractivity contribution in [3.05, 3.63) is 36.7 Å². The minimum atomic E-state index is -3.40. The predicted molar refractivity (Wildman–Crippen MR) is 58.0 cm³/mol. The molecule has 15 heavy (non-hydrogen) atoms. The normalized spacial score (nSPS) is 11.8. The second-order valence-corrected chi connectivity index (χ2v) is 4.92. The number of benzene rings is 1. The minimum Gasteiger partial charge on any atom is -0.264 e. The Kier molecular flexibility index (Phi) is 2.42. The van der Waals surface area contributed by atoms with Crippen molar-refractivity contribution < 1.29 is 8.42 Å². The third-order valence-electron chi connectivity index (χ3n) is 2.20. The average molecular weight is 222 g/mol. The van der Waals surface area contributed by atoms with Gasteiger partial charge in [-0.3, -0.25) is 4.98 Å². The molecule has 2 rings (SSSR count). The van der Waals surface area contributed by atoms with Gasteiger partial charge in [0.2, 0.25) is 10.0 Å². The molecule has 1 aromatic carbocycles. The molecule has 0 fully saturated rings. The maximum Gasteiger partial charge on any atom is 0.240 e. The lowest BCUT2D eigenvalue weighted by Crippen LogP contribution is -2.18. The number of hydrogen-bond acceptors (Lipinski definition) is 3. The highest BCUT2D eigenvalue weighted by Crippen LogP contribution is 2.21. The van der Waals surface area contributed by atoms with Crippen LogP contribution in [-0.4, -0.2) is 20.4 Å². The maximum absolute atomic E-state index is 11.7. The Hall–Kier alpha value is -1.46. The highest BCUT2D eigenvalue weighted by Gasteiger charge is 2.14. The van der Waals surface area contributed by atoms with Gasteiger partial charge in [-0.15, -0.1) is 0 Å². The Balaban J connectivity index is 2.83. The van der Waals surface area contributed by atoms with E-state index in [4.69, 9.17) is 0 Å². The van der Waals surface area contributed by atoms with Crippen LogP contribution in [0.4, 0.5) is 0 Å². The lowest BCUT2D eigenvalue weighted by atomic mass is 10.2. The molecule has 78 valence electrons. The zero-order valence-corrected chi connectivity index (χ0v) is 8.95. The largest absolute Gasteiger partial charge is 0.264 e. The van der Waals surface area contributed by atoms with Gasteiger partial charge in [-0.05, 0) is 19.2 Å². The van der Waals surface area contributed by atoms with E-state index in [1.54, 1.807) is 30.6 Å². The van der Waals surface area contributed by atoms with Gasteiger partial charge in [-0.25, -0.2) is 13.1 Å². The topological polar surface area (TPSA) is 59.1 Å². The molecular weight excluding hydrogens is 212 g/mol. The number of nitrogens with zero attached hydrogens (tertiary/aromatic N) is 1. The van der Waals surface area contributed by atoms with Crippen LogP contribution in [-0.2, 0) is 10.0 Å². The number of pyridine rings is 1. The summed E-state index contributed by atoms with van der Waals surface area (Å²) in [5.41, 5.74) is 0. The van der Waals surface area contributed by atoms with Gasteiger partial charge < -0.3 is 0 Å². The summed E-state index contributed by atoms with van der Waals surface area (Å²) < 4.78 is 25.7. The van der Waals surface area contributed by atoms with Crippen LogP contribution in [0, 0.1) is 0 Å². The Bertz CT molecular complexity index is 588. The zero-order valence-electron chi connectivity index (χ0n) is 8.14. The van der Waals surface area contributed by atoms with Gasteiger partial charge in [0.25, 0.3) is 0 Å². The molecule has 0 atom stereocenters. The first-order chi connectivity index (χ1) is 7.15. The monoisotopic (exact) mass is 222 g/mol. The van der Waals surface area contributed by atoms with E-state index < -0.39 is 10.0 Å². The minimum absolute atomic E-state index is 0.282. The van der Waals surface area contributed by atoms with Gasteiger partial charge in [0.15, 0.2) is 0 Å². The Labute approximate surface area is 88.0 Å². The van der Waals surface area contributed by atoms with Crippen molar-refractivity contribution in [2.45, 2.75) is 4.90 Å². The summed E-state index contributed by atoms with van der Waals surface area (Å²) in [6.07, 6.45) is 3.22. The molecule has 0 aliphatic rings. The van der Waals surface area contributed by atoms with Crippen LogP contribution >= 0.6 is 0 Å². The molecule has 4 nitrogen and oxygen atoms in total. The third kappa shape index (κ3) is 1.71. The Morgan fingerprint density at radius 1 is 1.27 bits per heavy atom. The molecule has 2 aromatic rings. The van der Waals surface area contributed by atoms with Crippen molar-refractivity contribution in [1.82, 2.24) is 9.71 Å². The molecule has 5 heteroatoms. The second-order valence-electron chi connectivity index (χ2n) is 3.06. The standard InChI is InChI=1S/C10H10N2O2S/c1-11-15(13,14)10-4-2-3-8-7-12-6-5-9(8)10/h2-7,11H,1H3. The number of nitrogens with one attached hydrogen (secondary N) is 1. The summed E-state index contributed by atoms with van der Waals surface area (Å²) in [6.45, 7) is 0. The van der Waals surface area contributed by atoms with Crippen LogP contribution in [0.15, 0.2) is 41.6 Å². The van der Waals surface area contributed by atoms with E-state index in [1.165, 1.54) is 7.05 Å². The quantitative estimate of drug-likeness (QED) is 0.829. The fraction of sp³-hybridized carbons (Fsp3) is 0.100. The Morgan fingerprint density at radius 3 is 2.80 bits per heavy atom. The van der Waals surface area contributed by atoms with Crippen molar-refractivity contribution in [3.8, 4) is 0 Å². The van der Waals surface area contributed by atoms with Crippen molar-refractivity contribution in [1.29, 1.82) is 0 Å². The van der Waals surface area contributed by atoms with Crippen molar-refractivity contribution >= 4 is 20.8 Å². The van der Waals surface area contributed by atoms with Crippen LogP contribution < -0.4 is 4.72 Å². The molecule has 0 amide bonds. The molecule has 0 saturated carbocycles.